The molecule has 0 aromatic heterocycles. The van der Waals surface area contributed by atoms with Crippen molar-refractivity contribution >= 4 is 21.9 Å². The fourth-order valence-corrected chi connectivity index (χ4v) is 5.10. The van der Waals surface area contributed by atoms with Crippen LogP contribution in [0.15, 0.2) is 0 Å². The van der Waals surface area contributed by atoms with E-state index in [0.29, 0.717) is 12.8 Å². The Morgan fingerprint density at radius 1 is 1.20 bits per heavy atom. The van der Waals surface area contributed by atoms with E-state index in [2.05, 4.69) is 4.74 Å². The number of rotatable bonds is 5. The van der Waals surface area contributed by atoms with Gasteiger partial charge in [-0.15, -0.1) is 0 Å². The Hall–Kier alpha value is -1.23. The van der Waals surface area contributed by atoms with Crippen LogP contribution in [0.2, 0.25) is 0 Å². The van der Waals surface area contributed by atoms with Crippen LogP contribution in [-0.2, 0) is 24.4 Å². The Morgan fingerprint density at radius 2 is 1.72 bits per heavy atom. The van der Waals surface area contributed by atoms with Gasteiger partial charge in [-0.05, 0) is 38.0 Å². The normalized spacial score (nSPS) is 35.9. The highest BCUT2D eigenvalue weighted by Crippen LogP contribution is 2.59. The third kappa shape index (κ3) is 2.84. The lowest BCUT2D eigenvalue weighted by Gasteiger charge is -2.54. The summed E-state index contributed by atoms with van der Waals surface area (Å²) in [5.74, 6) is -2.20. The average molecular weight is 388 g/mol. The van der Waals surface area contributed by atoms with Crippen molar-refractivity contribution in [3.63, 3.8) is 0 Å². The lowest BCUT2D eigenvalue weighted by Crippen LogP contribution is -2.57. The van der Waals surface area contributed by atoms with E-state index in [1.165, 1.54) is 0 Å². The van der Waals surface area contributed by atoms with Gasteiger partial charge in [0.1, 0.15) is 5.78 Å². The molecular formula is C14H16F4O6S. The van der Waals surface area contributed by atoms with Gasteiger partial charge in [0, 0.05) is 11.8 Å². The molecule has 4 saturated carbocycles. The summed E-state index contributed by atoms with van der Waals surface area (Å²) in [6.07, 6.45) is -6.18. The second-order valence-electron chi connectivity index (χ2n) is 7.22. The van der Waals surface area contributed by atoms with E-state index in [-0.39, 0.29) is 31.0 Å². The third-order valence-electron chi connectivity index (χ3n) is 5.57. The van der Waals surface area contributed by atoms with E-state index >= 15 is 0 Å². The van der Waals surface area contributed by atoms with E-state index in [1.807, 2.05) is 0 Å². The zero-order chi connectivity index (χ0) is 18.8. The highest BCUT2D eigenvalue weighted by molar-refractivity contribution is 7.86. The number of alkyl halides is 4. The van der Waals surface area contributed by atoms with Gasteiger partial charge in [0.25, 0.3) is 6.43 Å². The summed E-state index contributed by atoms with van der Waals surface area (Å²) in [5, 5.41) is -5.34. The van der Waals surface area contributed by atoms with Crippen molar-refractivity contribution < 1.29 is 44.9 Å². The summed E-state index contributed by atoms with van der Waals surface area (Å²) in [4.78, 5) is 24.5. The molecular weight excluding hydrogens is 372 g/mol. The van der Waals surface area contributed by atoms with Crippen molar-refractivity contribution in [3.05, 3.63) is 0 Å². The molecule has 0 saturated heterocycles. The number of carbonyl (C=O) groups excluding carboxylic acids is 2. The van der Waals surface area contributed by atoms with Crippen LogP contribution in [0.3, 0.4) is 0 Å². The Bertz CT molecular complexity index is 688. The maximum Gasteiger partial charge on any atom is 0.411 e. The Labute approximate surface area is 140 Å². The Kier molecular flexibility index (Phi) is 4.18. The van der Waals surface area contributed by atoms with Crippen molar-refractivity contribution in [1.82, 2.24) is 0 Å². The molecule has 25 heavy (non-hydrogen) atoms. The van der Waals surface area contributed by atoms with Crippen LogP contribution in [0.25, 0.3) is 0 Å². The Balaban J connectivity index is 1.85. The standard InChI is InChI=1S/C14H16F4O6S/c15-11(16)10(14(17,18)25(21,22)23)24-12(20)13-3-6-1-7(4-13)9(19)8(2-6)5-13/h6-8,10-11H,1-5H2,(H,21,22,23). The molecule has 4 aliphatic carbocycles. The molecule has 142 valence electrons. The molecule has 0 amide bonds. The van der Waals surface area contributed by atoms with E-state index in [1.54, 1.807) is 0 Å². The molecule has 4 aliphatic rings. The number of ether oxygens (including phenoxy) is 1. The molecule has 4 fully saturated rings. The predicted molar refractivity (Wildman–Crippen MR) is 73.4 cm³/mol. The molecule has 1 N–H and O–H groups in total. The van der Waals surface area contributed by atoms with E-state index in [0.717, 1.165) is 0 Å². The topological polar surface area (TPSA) is 97.7 Å². The molecule has 6 nitrogen and oxygen atoms in total. The van der Waals surface area contributed by atoms with Crippen molar-refractivity contribution in [1.29, 1.82) is 0 Å². The fourth-order valence-electron chi connectivity index (χ4n) is 4.65. The van der Waals surface area contributed by atoms with Crippen molar-refractivity contribution in [2.24, 2.45) is 23.2 Å². The molecule has 4 rings (SSSR count). The Morgan fingerprint density at radius 3 is 2.16 bits per heavy atom. The van der Waals surface area contributed by atoms with Gasteiger partial charge in [-0.25, -0.2) is 8.78 Å². The van der Waals surface area contributed by atoms with E-state index < -0.39 is 51.1 Å². The van der Waals surface area contributed by atoms with Crippen LogP contribution in [0, 0.1) is 23.2 Å². The van der Waals surface area contributed by atoms with Gasteiger partial charge in [-0.1, -0.05) is 0 Å². The van der Waals surface area contributed by atoms with Gasteiger partial charge in [0.15, 0.2) is 0 Å². The quantitative estimate of drug-likeness (QED) is 0.440. The molecule has 0 aromatic carbocycles. The molecule has 0 radical (unpaired) electrons. The highest BCUT2D eigenvalue weighted by Gasteiger charge is 2.63. The summed E-state index contributed by atoms with van der Waals surface area (Å²) < 4.78 is 87.2. The number of ketones is 1. The minimum Gasteiger partial charge on any atom is -0.448 e. The summed E-state index contributed by atoms with van der Waals surface area (Å²) in [6, 6.07) is 0. The fraction of sp³-hybridized carbons (Fsp3) is 0.857. The van der Waals surface area contributed by atoms with Gasteiger partial charge in [0.2, 0.25) is 6.10 Å². The lowest BCUT2D eigenvalue weighted by atomic mass is 9.49. The monoisotopic (exact) mass is 388 g/mol. The van der Waals surface area contributed by atoms with E-state index in [9.17, 15) is 35.6 Å². The number of Topliss-reactive ketones (excluding diaryl/α,β-unsaturated/α-hetero) is 1. The van der Waals surface area contributed by atoms with Crippen LogP contribution in [0.5, 0.6) is 0 Å². The molecule has 0 spiro atoms. The van der Waals surface area contributed by atoms with Crippen molar-refractivity contribution in [2.75, 3.05) is 0 Å². The minimum atomic E-state index is -6.20. The van der Waals surface area contributed by atoms with Crippen LogP contribution in [0.1, 0.15) is 32.1 Å². The number of hydrogen-bond acceptors (Lipinski definition) is 5. The second kappa shape index (κ2) is 5.63. The maximum atomic E-state index is 13.6. The van der Waals surface area contributed by atoms with Crippen LogP contribution < -0.4 is 0 Å². The first-order valence-corrected chi connectivity index (χ1v) is 9.19. The van der Waals surface area contributed by atoms with Gasteiger partial charge >= 0.3 is 21.3 Å². The third-order valence-corrected chi connectivity index (χ3v) is 6.49. The molecule has 0 aromatic rings. The van der Waals surface area contributed by atoms with Gasteiger partial charge < -0.3 is 4.74 Å². The number of carbonyl (C=O) groups is 2. The zero-order valence-electron chi connectivity index (χ0n) is 12.8. The van der Waals surface area contributed by atoms with Crippen LogP contribution in [-0.4, -0.2) is 42.5 Å². The predicted octanol–water partition coefficient (Wildman–Crippen LogP) is 2.04. The smallest absolute Gasteiger partial charge is 0.411 e. The molecule has 0 aliphatic heterocycles. The molecule has 0 heterocycles. The summed E-state index contributed by atoms with van der Waals surface area (Å²) >= 11 is 0. The first-order chi connectivity index (χ1) is 11.4. The number of hydrogen-bond donors (Lipinski definition) is 1. The summed E-state index contributed by atoms with van der Waals surface area (Å²) in [7, 11) is -6.20. The van der Waals surface area contributed by atoms with Crippen LogP contribution >= 0.6 is 0 Å². The molecule has 11 heteroatoms. The summed E-state index contributed by atoms with van der Waals surface area (Å²) in [6.45, 7) is 0. The number of esters is 1. The second-order valence-corrected chi connectivity index (χ2v) is 8.72. The van der Waals surface area contributed by atoms with Crippen LogP contribution in [0.4, 0.5) is 17.6 Å². The van der Waals surface area contributed by atoms with Gasteiger partial charge in [0.05, 0.1) is 5.41 Å². The maximum absolute atomic E-state index is 13.6. The van der Waals surface area contributed by atoms with Gasteiger partial charge in [-0.2, -0.15) is 17.2 Å². The molecule has 3 atom stereocenters. The summed E-state index contributed by atoms with van der Waals surface area (Å²) in [5.41, 5.74) is -1.33. The zero-order valence-corrected chi connectivity index (χ0v) is 13.6. The average Bonchev–Trinajstić information content (AvgIpc) is 2.47. The molecule has 4 bridgehead atoms. The van der Waals surface area contributed by atoms with Gasteiger partial charge in [-0.3, -0.25) is 14.1 Å². The minimum absolute atomic E-state index is 0.00643. The van der Waals surface area contributed by atoms with Crippen molar-refractivity contribution in [3.8, 4) is 0 Å². The molecule has 3 unspecified atom stereocenters. The largest absolute Gasteiger partial charge is 0.448 e. The van der Waals surface area contributed by atoms with E-state index in [4.69, 9.17) is 4.55 Å². The SMILES string of the molecule is O=C1C2CC3CC1CC(C(=O)OC(C(F)F)C(F)(F)S(=O)(=O)O)(C3)C2. The highest BCUT2D eigenvalue weighted by atomic mass is 32.2. The first-order valence-electron chi connectivity index (χ1n) is 7.75. The lowest BCUT2D eigenvalue weighted by molar-refractivity contribution is -0.201. The van der Waals surface area contributed by atoms with Crippen molar-refractivity contribution in [2.45, 2.75) is 49.9 Å². The first kappa shape index (κ1) is 18.6. The number of halogens is 4.